The number of aliphatic imine (C=N–C) groups is 1. The summed E-state index contributed by atoms with van der Waals surface area (Å²) in [5.74, 6) is 0.955. The van der Waals surface area contributed by atoms with Crippen LogP contribution in [-0.2, 0) is 4.79 Å². The zero-order chi connectivity index (χ0) is 13.0. The number of hydrogen-bond donors (Lipinski definition) is 0. The van der Waals surface area contributed by atoms with Gasteiger partial charge in [-0.25, -0.2) is 0 Å². The normalized spacial score (nSPS) is 27.2. The fraction of sp³-hybridized carbons (Fsp3) is 0.857. The lowest BCUT2D eigenvalue weighted by Crippen LogP contribution is -2.46. The van der Waals surface area contributed by atoms with Gasteiger partial charge in [0.25, 0.3) is 0 Å². The first-order valence-corrected chi connectivity index (χ1v) is 7.18. The maximum Gasteiger partial charge on any atom is 0.222 e. The molecule has 2 rings (SSSR count). The standard InChI is InChI=1S/C14H25N3O/c1-3-14(18)16-8-5-13(6-9-16)17-7-4-12(11-17)10-15-2/h10,12-13H,3-9,11H2,1-2H3/b15-10-. The molecule has 102 valence electrons. The van der Waals surface area contributed by atoms with Crippen LogP contribution in [0.1, 0.15) is 32.6 Å². The number of likely N-dealkylation sites (tertiary alicyclic amines) is 2. The maximum absolute atomic E-state index is 11.6. The van der Waals surface area contributed by atoms with E-state index in [4.69, 9.17) is 0 Å². The van der Waals surface area contributed by atoms with Gasteiger partial charge in [0.2, 0.25) is 5.91 Å². The highest BCUT2D eigenvalue weighted by Crippen LogP contribution is 2.23. The SMILES string of the molecule is CCC(=O)N1CCC(N2CCC(/C=N\C)C2)CC1. The van der Waals surface area contributed by atoms with Crippen LogP contribution in [0, 0.1) is 5.92 Å². The Morgan fingerprint density at radius 3 is 2.61 bits per heavy atom. The zero-order valence-electron chi connectivity index (χ0n) is 11.6. The number of nitrogens with zero attached hydrogens (tertiary/aromatic N) is 3. The van der Waals surface area contributed by atoms with Gasteiger partial charge in [-0.05, 0) is 25.8 Å². The van der Waals surface area contributed by atoms with Crippen molar-refractivity contribution in [1.82, 2.24) is 9.80 Å². The van der Waals surface area contributed by atoms with Crippen molar-refractivity contribution in [3.8, 4) is 0 Å². The lowest BCUT2D eigenvalue weighted by molar-refractivity contribution is -0.132. The number of carbonyl (C=O) groups is 1. The molecular formula is C14H25N3O. The molecule has 4 nitrogen and oxygen atoms in total. The predicted octanol–water partition coefficient (Wildman–Crippen LogP) is 1.41. The molecule has 0 aromatic rings. The Bertz CT molecular complexity index is 308. The van der Waals surface area contributed by atoms with Crippen molar-refractivity contribution in [3.05, 3.63) is 0 Å². The lowest BCUT2D eigenvalue weighted by atomic mass is 10.0. The molecule has 0 bridgehead atoms. The Hall–Kier alpha value is -0.900. The van der Waals surface area contributed by atoms with Crippen molar-refractivity contribution < 1.29 is 4.79 Å². The van der Waals surface area contributed by atoms with Gasteiger partial charge in [0, 0.05) is 51.3 Å². The molecule has 18 heavy (non-hydrogen) atoms. The van der Waals surface area contributed by atoms with Crippen LogP contribution in [0.2, 0.25) is 0 Å². The van der Waals surface area contributed by atoms with E-state index in [1.54, 1.807) is 0 Å². The lowest BCUT2D eigenvalue weighted by Gasteiger charge is -2.36. The van der Waals surface area contributed by atoms with Crippen molar-refractivity contribution in [2.45, 2.75) is 38.6 Å². The fourth-order valence-electron chi connectivity index (χ4n) is 3.18. The van der Waals surface area contributed by atoms with Crippen LogP contribution < -0.4 is 0 Å². The van der Waals surface area contributed by atoms with Crippen LogP contribution in [0.15, 0.2) is 4.99 Å². The van der Waals surface area contributed by atoms with E-state index in [1.165, 1.54) is 13.0 Å². The van der Waals surface area contributed by atoms with E-state index in [2.05, 4.69) is 16.1 Å². The maximum atomic E-state index is 11.6. The van der Waals surface area contributed by atoms with Gasteiger partial charge in [-0.1, -0.05) is 6.92 Å². The topological polar surface area (TPSA) is 35.9 Å². The molecule has 0 aromatic heterocycles. The molecule has 1 atom stereocenters. The van der Waals surface area contributed by atoms with E-state index in [0.29, 0.717) is 24.3 Å². The summed E-state index contributed by atoms with van der Waals surface area (Å²) < 4.78 is 0. The highest BCUT2D eigenvalue weighted by atomic mass is 16.2. The molecule has 4 heteroatoms. The summed E-state index contributed by atoms with van der Waals surface area (Å²) in [6.45, 7) is 6.19. The van der Waals surface area contributed by atoms with Gasteiger partial charge in [-0.2, -0.15) is 0 Å². The van der Waals surface area contributed by atoms with Gasteiger partial charge in [-0.15, -0.1) is 0 Å². The molecule has 2 heterocycles. The van der Waals surface area contributed by atoms with Gasteiger partial charge in [0.15, 0.2) is 0 Å². The van der Waals surface area contributed by atoms with Gasteiger partial charge in [0.1, 0.15) is 0 Å². The van der Waals surface area contributed by atoms with Crippen molar-refractivity contribution in [1.29, 1.82) is 0 Å². The van der Waals surface area contributed by atoms with Crippen molar-refractivity contribution in [3.63, 3.8) is 0 Å². The van der Waals surface area contributed by atoms with Gasteiger partial charge in [-0.3, -0.25) is 9.69 Å². The molecule has 2 saturated heterocycles. The number of carbonyl (C=O) groups excluding carboxylic acids is 1. The van der Waals surface area contributed by atoms with E-state index in [1.807, 2.05) is 18.9 Å². The molecule has 1 unspecified atom stereocenters. The highest BCUT2D eigenvalue weighted by Gasteiger charge is 2.30. The molecule has 1 amide bonds. The van der Waals surface area contributed by atoms with Crippen molar-refractivity contribution in [2.75, 3.05) is 33.2 Å². The summed E-state index contributed by atoms with van der Waals surface area (Å²) in [7, 11) is 1.86. The largest absolute Gasteiger partial charge is 0.343 e. The second kappa shape index (κ2) is 6.32. The monoisotopic (exact) mass is 251 g/mol. The number of amides is 1. The zero-order valence-corrected chi connectivity index (χ0v) is 11.6. The average molecular weight is 251 g/mol. The van der Waals surface area contributed by atoms with E-state index < -0.39 is 0 Å². The third kappa shape index (κ3) is 3.10. The minimum Gasteiger partial charge on any atom is -0.343 e. The second-order valence-corrected chi connectivity index (χ2v) is 5.42. The van der Waals surface area contributed by atoms with E-state index >= 15 is 0 Å². The van der Waals surface area contributed by atoms with Gasteiger partial charge < -0.3 is 9.89 Å². The van der Waals surface area contributed by atoms with Crippen LogP contribution in [0.5, 0.6) is 0 Å². The molecule has 2 aliphatic heterocycles. The first kappa shape index (κ1) is 13.5. The summed E-state index contributed by atoms with van der Waals surface area (Å²) in [5, 5.41) is 0. The fourth-order valence-corrected chi connectivity index (χ4v) is 3.18. The van der Waals surface area contributed by atoms with E-state index in [-0.39, 0.29) is 0 Å². The van der Waals surface area contributed by atoms with Crippen LogP contribution in [0.4, 0.5) is 0 Å². The Morgan fingerprint density at radius 2 is 2.00 bits per heavy atom. The number of piperidine rings is 1. The summed E-state index contributed by atoms with van der Waals surface area (Å²) in [6, 6.07) is 0.682. The Labute approximate surface area is 110 Å². The summed E-state index contributed by atoms with van der Waals surface area (Å²) in [5.41, 5.74) is 0. The van der Waals surface area contributed by atoms with E-state index in [9.17, 15) is 4.79 Å². The molecule has 2 fully saturated rings. The number of hydrogen-bond acceptors (Lipinski definition) is 3. The van der Waals surface area contributed by atoms with Crippen LogP contribution in [0.3, 0.4) is 0 Å². The quantitative estimate of drug-likeness (QED) is 0.711. The smallest absolute Gasteiger partial charge is 0.222 e. The third-order valence-corrected chi connectivity index (χ3v) is 4.25. The average Bonchev–Trinajstić information content (AvgIpc) is 2.87. The molecule has 0 aromatic carbocycles. The van der Waals surface area contributed by atoms with Crippen LogP contribution in [-0.4, -0.2) is 61.2 Å². The summed E-state index contributed by atoms with van der Waals surface area (Å²) in [4.78, 5) is 20.4. The minimum atomic E-state index is 0.311. The Balaban J connectivity index is 1.78. The molecule has 0 radical (unpaired) electrons. The van der Waals surface area contributed by atoms with Crippen molar-refractivity contribution in [2.24, 2.45) is 10.9 Å². The Morgan fingerprint density at radius 1 is 1.28 bits per heavy atom. The molecule has 0 saturated carbocycles. The summed E-state index contributed by atoms with van der Waals surface area (Å²) in [6.07, 6.45) is 6.26. The van der Waals surface area contributed by atoms with Crippen molar-refractivity contribution >= 4 is 12.1 Å². The second-order valence-electron chi connectivity index (χ2n) is 5.42. The molecule has 0 aliphatic carbocycles. The summed E-state index contributed by atoms with van der Waals surface area (Å²) >= 11 is 0. The first-order valence-electron chi connectivity index (χ1n) is 7.18. The number of rotatable bonds is 3. The van der Waals surface area contributed by atoms with Gasteiger partial charge >= 0.3 is 0 Å². The third-order valence-electron chi connectivity index (χ3n) is 4.25. The Kier molecular flexibility index (Phi) is 4.75. The highest BCUT2D eigenvalue weighted by molar-refractivity contribution is 5.75. The first-order chi connectivity index (χ1) is 8.74. The molecule has 2 aliphatic rings. The molecule has 0 N–H and O–H groups in total. The van der Waals surface area contributed by atoms with Crippen LogP contribution in [0.25, 0.3) is 0 Å². The predicted molar refractivity (Wildman–Crippen MR) is 74.0 cm³/mol. The minimum absolute atomic E-state index is 0.311. The van der Waals surface area contributed by atoms with E-state index in [0.717, 1.165) is 32.5 Å². The van der Waals surface area contributed by atoms with Crippen LogP contribution >= 0.6 is 0 Å². The molecule has 0 spiro atoms. The van der Waals surface area contributed by atoms with Gasteiger partial charge in [0.05, 0.1) is 0 Å². The molecular weight excluding hydrogens is 226 g/mol.